The summed E-state index contributed by atoms with van der Waals surface area (Å²) in [6.45, 7) is 0. The zero-order chi connectivity index (χ0) is 25.5. The first-order valence-corrected chi connectivity index (χ1v) is 7.51. The monoisotopic (exact) mass is 496 g/mol. The van der Waals surface area contributed by atoms with Gasteiger partial charge in [-0.25, -0.2) is 8.78 Å². The molecule has 0 aliphatic rings. The highest BCUT2D eigenvalue weighted by Gasteiger charge is 2.89. The summed E-state index contributed by atoms with van der Waals surface area (Å²) in [6, 6.07) is 1.49. The predicted molar refractivity (Wildman–Crippen MR) is 79.0 cm³/mol. The number of amides is 1. The van der Waals surface area contributed by atoms with Crippen LogP contribution in [0.3, 0.4) is 0 Å². The van der Waals surface area contributed by atoms with Gasteiger partial charge in [0.25, 0.3) is 5.69 Å². The number of rotatable bonds is 9. The van der Waals surface area contributed by atoms with Crippen molar-refractivity contribution in [3.05, 3.63) is 28.3 Å². The van der Waals surface area contributed by atoms with Crippen molar-refractivity contribution < 1.29 is 67.1 Å². The van der Waals surface area contributed by atoms with Gasteiger partial charge in [-0.05, 0) is 6.07 Å². The molecule has 0 aliphatic carbocycles. The van der Waals surface area contributed by atoms with Gasteiger partial charge in [-0.1, -0.05) is 0 Å². The Morgan fingerprint density at radius 2 is 1.47 bits per heavy atom. The molecule has 18 heteroatoms. The molecule has 0 saturated carbocycles. The average Bonchev–Trinajstić information content (AvgIpc) is 2.66. The normalized spacial score (nSPS) is 13.8. The number of nitrogens with zero attached hydrogens (tertiary/aromatic N) is 1. The van der Waals surface area contributed by atoms with Crippen molar-refractivity contribution in [3.63, 3.8) is 0 Å². The van der Waals surface area contributed by atoms with Gasteiger partial charge in [0.2, 0.25) is 0 Å². The highest BCUT2D eigenvalue weighted by atomic mass is 19.4. The van der Waals surface area contributed by atoms with Crippen LogP contribution >= 0.6 is 0 Å². The lowest BCUT2D eigenvalue weighted by molar-refractivity contribution is -0.406. The molecule has 0 aromatic heterocycles. The first-order valence-electron chi connectivity index (χ1n) is 7.51. The summed E-state index contributed by atoms with van der Waals surface area (Å²) >= 11 is 0. The lowest BCUT2D eigenvalue weighted by atomic mass is 9.94. The van der Waals surface area contributed by atoms with Crippen molar-refractivity contribution in [2.75, 3.05) is 12.4 Å². The van der Waals surface area contributed by atoms with Gasteiger partial charge in [0, 0.05) is 12.1 Å². The third-order valence-electron chi connectivity index (χ3n) is 3.80. The number of benzene rings is 1. The molecule has 0 atom stereocenters. The van der Waals surface area contributed by atoms with E-state index in [2.05, 4.69) is 4.74 Å². The van der Waals surface area contributed by atoms with Crippen LogP contribution in [0.1, 0.15) is 0 Å². The summed E-state index contributed by atoms with van der Waals surface area (Å²) in [4.78, 5) is 21.0. The number of ether oxygens (including phenoxy) is 1. The van der Waals surface area contributed by atoms with Gasteiger partial charge in [-0.15, -0.1) is 0 Å². The number of non-ortho nitro benzene ring substituents is 1. The minimum absolute atomic E-state index is 0.211. The fraction of sp³-hybridized carbons (Fsp3) is 0.500. The first kappa shape index (κ1) is 27.1. The SMILES string of the molecule is COc1ccc([N+](=O)[O-])cc1NC(=O)C(F)(F)C(F)(F)C(F)(F)C(F)(F)C(F)(F)C(F)F. The molecule has 0 spiro atoms. The molecule has 0 heterocycles. The van der Waals surface area contributed by atoms with Crippen molar-refractivity contribution in [3.8, 4) is 5.75 Å². The van der Waals surface area contributed by atoms with E-state index in [-0.39, 0.29) is 6.07 Å². The van der Waals surface area contributed by atoms with Crippen LogP contribution in [0.2, 0.25) is 0 Å². The molecule has 32 heavy (non-hydrogen) atoms. The number of halogens is 12. The molecular formula is C14H8F12N2O4. The van der Waals surface area contributed by atoms with Crippen molar-refractivity contribution in [1.29, 1.82) is 0 Å². The molecule has 1 aromatic carbocycles. The van der Waals surface area contributed by atoms with Gasteiger partial charge in [0.15, 0.2) is 0 Å². The molecule has 1 amide bonds. The fourth-order valence-electron chi connectivity index (χ4n) is 1.99. The Morgan fingerprint density at radius 3 is 1.88 bits per heavy atom. The van der Waals surface area contributed by atoms with Crippen molar-refractivity contribution >= 4 is 17.3 Å². The lowest BCUT2D eigenvalue weighted by Crippen LogP contribution is -2.70. The molecule has 0 bridgehead atoms. The maximum Gasteiger partial charge on any atom is 0.393 e. The minimum atomic E-state index is -7.90. The van der Waals surface area contributed by atoms with Gasteiger partial charge < -0.3 is 10.1 Å². The zero-order valence-corrected chi connectivity index (χ0v) is 14.9. The highest BCUT2D eigenvalue weighted by molar-refractivity contribution is 5.98. The summed E-state index contributed by atoms with van der Waals surface area (Å²) in [5.74, 6) is -41.7. The Morgan fingerprint density at radius 1 is 0.969 bits per heavy atom. The van der Waals surface area contributed by atoms with E-state index in [0.29, 0.717) is 12.1 Å². The number of hydrogen-bond donors (Lipinski definition) is 1. The van der Waals surface area contributed by atoms with Crippen LogP contribution in [0, 0.1) is 10.1 Å². The van der Waals surface area contributed by atoms with Crippen LogP contribution in [0.4, 0.5) is 64.1 Å². The van der Waals surface area contributed by atoms with Crippen molar-refractivity contribution in [2.24, 2.45) is 0 Å². The molecule has 0 saturated heterocycles. The second kappa shape index (κ2) is 8.19. The Balaban J connectivity index is 3.47. The first-order chi connectivity index (χ1) is 14.2. The summed E-state index contributed by atoms with van der Waals surface area (Å²) in [6.07, 6.45) is -5.68. The third kappa shape index (κ3) is 3.96. The van der Waals surface area contributed by atoms with Gasteiger partial charge in [-0.3, -0.25) is 14.9 Å². The maximum absolute atomic E-state index is 13.8. The number of methoxy groups -OCH3 is 1. The van der Waals surface area contributed by atoms with E-state index in [0.717, 1.165) is 12.4 Å². The summed E-state index contributed by atoms with van der Waals surface area (Å²) in [5, 5.41) is 11.4. The number of nitro benzene ring substituents is 1. The largest absolute Gasteiger partial charge is 0.495 e. The summed E-state index contributed by atoms with van der Waals surface area (Å²) in [5.41, 5.74) is -2.19. The van der Waals surface area contributed by atoms with Crippen molar-refractivity contribution in [2.45, 2.75) is 36.0 Å². The Kier molecular flexibility index (Phi) is 6.93. The van der Waals surface area contributed by atoms with Crippen LogP contribution in [0.5, 0.6) is 5.75 Å². The van der Waals surface area contributed by atoms with E-state index in [1.807, 2.05) is 0 Å². The second-order valence-electron chi connectivity index (χ2n) is 5.82. The number of anilines is 1. The predicted octanol–water partition coefficient (Wildman–Crippen LogP) is 4.98. The quantitative estimate of drug-likeness (QED) is 0.297. The van der Waals surface area contributed by atoms with Crippen LogP contribution in [0.25, 0.3) is 0 Å². The van der Waals surface area contributed by atoms with Crippen LogP contribution in [-0.2, 0) is 4.79 Å². The highest BCUT2D eigenvalue weighted by Crippen LogP contribution is 2.58. The Hall–Kier alpha value is -2.95. The van der Waals surface area contributed by atoms with Crippen LogP contribution in [-0.4, -0.2) is 54.0 Å². The molecule has 6 nitrogen and oxygen atoms in total. The van der Waals surface area contributed by atoms with Crippen LogP contribution < -0.4 is 10.1 Å². The average molecular weight is 496 g/mol. The molecule has 1 rings (SSSR count). The summed E-state index contributed by atoms with van der Waals surface area (Å²) < 4.78 is 162. The van der Waals surface area contributed by atoms with E-state index in [1.54, 1.807) is 0 Å². The van der Waals surface area contributed by atoms with E-state index in [1.165, 1.54) is 0 Å². The fourth-order valence-corrected chi connectivity index (χ4v) is 1.99. The Bertz CT molecular complexity index is 890. The van der Waals surface area contributed by atoms with E-state index < -0.39 is 64.0 Å². The third-order valence-corrected chi connectivity index (χ3v) is 3.80. The van der Waals surface area contributed by atoms with Crippen molar-refractivity contribution in [1.82, 2.24) is 0 Å². The summed E-state index contributed by atoms with van der Waals surface area (Å²) in [7, 11) is 0.769. The molecular weight excluding hydrogens is 488 g/mol. The molecule has 0 unspecified atom stereocenters. The van der Waals surface area contributed by atoms with Crippen LogP contribution in [0.15, 0.2) is 18.2 Å². The maximum atomic E-state index is 13.8. The molecule has 182 valence electrons. The van der Waals surface area contributed by atoms with E-state index >= 15 is 0 Å². The molecule has 1 aromatic rings. The molecule has 1 N–H and O–H groups in total. The standard InChI is InChI=1S/C14H8F12N2O4/c1-32-7-3-2-5(28(30)31)4-6(7)27-9(29)11(19,20)13(23,24)14(25,26)12(21,22)10(17,18)8(15)16/h2-4,8H,1H3,(H,27,29). The second-order valence-corrected chi connectivity index (χ2v) is 5.82. The van der Waals surface area contributed by atoms with Gasteiger partial charge in [0.1, 0.15) is 5.75 Å². The van der Waals surface area contributed by atoms with Gasteiger partial charge in [-0.2, -0.15) is 43.9 Å². The van der Waals surface area contributed by atoms with E-state index in [4.69, 9.17) is 0 Å². The molecule has 0 fully saturated rings. The molecule has 0 radical (unpaired) electrons. The number of carbonyl (C=O) groups is 1. The number of nitrogens with one attached hydrogen (secondary N) is 1. The Labute approximate surface area is 168 Å². The number of hydrogen-bond acceptors (Lipinski definition) is 4. The van der Waals surface area contributed by atoms with E-state index in [9.17, 15) is 67.6 Å². The molecule has 0 aliphatic heterocycles. The van der Waals surface area contributed by atoms with Gasteiger partial charge >= 0.3 is 41.9 Å². The number of alkyl halides is 12. The lowest BCUT2D eigenvalue weighted by Gasteiger charge is -2.38. The minimum Gasteiger partial charge on any atom is -0.495 e. The smallest absolute Gasteiger partial charge is 0.393 e. The zero-order valence-electron chi connectivity index (χ0n) is 14.9. The number of carbonyl (C=O) groups excluding carboxylic acids is 1. The van der Waals surface area contributed by atoms with Gasteiger partial charge in [0.05, 0.1) is 17.7 Å². The number of nitro groups is 1. The topological polar surface area (TPSA) is 81.5 Å².